The summed E-state index contributed by atoms with van der Waals surface area (Å²) in [6.07, 6.45) is 1.46. The van der Waals surface area contributed by atoms with Gasteiger partial charge in [-0.25, -0.2) is 0 Å². The molecule has 1 aliphatic heterocycles. The molecule has 1 saturated heterocycles. The van der Waals surface area contributed by atoms with Crippen LogP contribution in [0.5, 0.6) is 0 Å². The lowest BCUT2D eigenvalue weighted by Crippen LogP contribution is -2.46. The van der Waals surface area contributed by atoms with E-state index in [2.05, 4.69) is 5.32 Å². The molecule has 1 N–H and O–H groups in total. The Morgan fingerprint density at radius 3 is 2.57 bits per heavy atom. The summed E-state index contributed by atoms with van der Waals surface area (Å²) >= 11 is 0. The monoisotopic (exact) mass is 313 g/mol. The number of hydrogen-bond donors (Lipinski definition) is 1. The van der Waals surface area contributed by atoms with Crippen molar-refractivity contribution in [3.05, 3.63) is 54.0 Å². The van der Waals surface area contributed by atoms with Crippen molar-refractivity contribution in [2.45, 2.75) is 0 Å². The Kier molecular flexibility index (Phi) is 4.43. The number of para-hydroxylation sites is 1. The van der Waals surface area contributed by atoms with Crippen LogP contribution >= 0.6 is 0 Å². The fourth-order valence-corrected chi connectivity index (χ4v) is 2.66. The molecule has 0 aliphatic carbocycles. The molecule has 0 spiro atoms. The Morgan fingerprint density at radius 2 is 1.87 bits per heavy atom. The molecule has 0 radical (unpaired) electrons. The third-order valence-corrected chi connectivity index (χ3v) is 3.94. The number of anilines is 1. The van der Waals surface area contributed by atoms with Crippen LogP contribution < -0.4 is 10.2 Å². The maximum absolute atomic E-state index is 12.8. The van der Waals surface area contributed by atoms with Crippen LogP contribution in [0.3, 0.4) is 0 Å². The van der Waals surface area contributed by atoms with E-state index in [0.717, 1.165) is 13.1 Å². The molecule has 6 nitrogen and oxygen atoms in total. The average Bonchev–Trinajstić information content (AvgIpc) is 3.15. The summed E-state index contributed by atoms with van der Waals surface area (Å²) in [6, 6.07) is 10.4. The number of piperazine rings is 1. The van der Waals surface area contributed by atoms with Crippen LogP contribution in [0.4, 0.5) is 5.69 Å². The van der Waals surface area contributed by atoms with E-state index in [-0.39, 0.29) is 17.6 Å². The lowest BCUT2D eigenvalue weighted by Gasteiger charge is -2.29. The van der Waals surface area contributed by atoms with Gasteiger partial charge in [0.15, 0.2) is 5.76 Å². The van der Waals surface area contributed by atoms with Gasteiger partial charge < -0.3 is 19.5 Å². The third-order valence-electron chi connectivity index (χ3n) is 3.94. The van der Waals surface area contributed by atoms with Crippen LogP contribution in [0.25, 0.3) is 0 Å². The minimum absolute atomic E-state index is 0.0544. The lowest BCUT2D eigenvalue weighted by molar-refractivity contribution is 0.0736. The molecule has 3 rings (SSSR count). The van der Waals surface area contributed by atoms with Crippen molar-refractivity contribution >= 4 is 17.5 Å². The molecule has 2 amide bonds. The van der Waals surface area contributed by atoms with Crippen LogP contribution in [0.2, 0.25) is 0 Å². The molecule has 1 fully saturated rings. The van der Waals surface area contributed by atoms with E-state index in [4.69, 9.17) is 4.42 Å². The Bertz CT molecular complexity index is 691. The molecule has 1 aromatic carbocycles. The second-order valence-corrected chi connectivity index (χ2v) is 5.40. The van der Waals surface area contributed by atoms with E-state index in [1.807, 2.05) is 12.1 Å². The smallest absolute Gasteiger partial charge is 0.293 e. The zero-order valence-electron chi connectivity index (χ0n) is 13.0. The Labute approximate surface area is 134 Å². The maximum Gasteiger partial charge on any atom is 0.293 e. The topological polar surface area (TPSA) is 65.8 Å². The number of amides is 2. The molecule has 0 bridgehead atoms. The minimum Gasteiger partial charge on any atom is -0.459 e. The highest BCUT2D eigenvalue weighted by molar-refractivity contribution is 6.09. The fraction of sp³-hybridized carbons (Fsp3) is 0.294. The summed E-state index contributed by atoms with van der Waals surface area (Å²) < 4.78 is 5.16. The number of hydrogen-bond acceptors (Lipinski definition) is 4. The average molecular weight is 313 g/mol. The largest absolute Gasteiger partial charge is 0.459 e. The number of carbonyl (C=O) groups excluding carboxylic acids is 2. The lowest BCUT2D eigenvalue weighted by atomic mass is 10.1. The molecule has 6 heteroatoms. The molecule has 23 heavy (non-hydrogen) atoms. The number of nitrogens with one attached hydrogen (secondary N) is 1. The van der Waals surface area contributed by atoms with Gasteiger partial charge in [-0.3, -0.25) is 9.59 Å². The molecule has 1 aromatic heterocycles. The zero-order chi connectivity index (χ0) is 16.2. The molecular weight excluding hydrogens is 294 g/mol. The highest BCUT2D eigenvalue weighted by Crippen LogP contribution is 2.23. The van der Waals surface area contributed by atoms with Gasteiger partial charge in [-0.2, -0.15) is 0 Å². The Hall–Kier alpha value is -2.60. The predicted molar refractivity (Wildman–Crippen MR) is 86.7 cm³/mol. The van der Waals surface area contributed by atoms with E-state index < -0.39 is 0 Å². The van der Waals surface area contributed by atoms with Crippen LogP contribution in [0.15, 0.2) is 47.1 Å². The highest BCUT2D eigenvalue weighted by atomic mass is 16.3. The predicted octanol–water partition coefficient (Wildman–Crippen LogP) is 1.60. The van der Waals surface area contributed by atoms with Crippen LogP contribution in [0.1, 0.15) is 20.9 Å². The normalized spacial score (nSPS) is 14.6. The maximum atomic E-state index is 12.8. The summed E-state index contributed by atoms with van der Waals surface area (Å²) in [6.45, 7) is 2.91. The van der Waals surface area contributed by atoms with Crippen molar-refractivity contribution in [3.63, 3.8) is 0 Å². The van der Waals surface area contributed by atoms with Crippen molar-refractivity contribution in [1.29, 1.82) is 0 Å². The summed E-state index contributed by atoms with van der Waals surface area (Å²) in [4.78, 5) is 28.5. The minimum atomic E-state index is -0.282. The number of nitrogens with zero attached hydrogens (tertiary/aromatic N) is 2. The molecule has 2 heterocycles. The first-order valence-corrected chi connectivity index (χ1v) is 7.59. The molecule has 0 atom stereocenters. The SMILES string of the molecule is CN(C(=O)c1ccco1)c1ccccc1C(=O)N1CCNCC1. The standard InChI is InChI=1S/C17H19N3O3/c1-19(17(22)15-7-4-12-23-15)14-6-3-2-5-13(14)16(21)20-10-8-18-9-11-20/h2-7,12,18H,8-11H2,1H3. The van der Waals surface area contributed by atoms with Gasteiger partial charge in [0.1, 0.15) is 0 Å². The molecule has 0 saturated carbocycles. The highest BCUT2D eigenvalue weighted by Gasteiger charge is 2.24. The first kappa shape index (κ1) is 15.3. The molecular formula is C17H19N3O3. The molecule has 0 unspecified atom stereocenters. The summed E-state index contributed by atoms with van der Waals surface area (Å²) in [5, 5.41) is 3.22. The summed E-state index contributed by atoms with van der Waals surface area (Å²) in [5.74, 6) is -0.0892. The van der Waals surface area contributed by atoms with Crippen LogP contribution in [-0.4, -0.2) is 49.9 Å². The van der Waals surface area contributed by atoms with Gasteiger partial charge >= 0.3 is 0 Å². The van der Waals surface area contributed by atoms with Gasteiger partial charge in [0.05, 0.1) is 17.5 Å². The van der Waals surface area contributed by atoms with E-state index in [0.29, 0.717) is 24.3 Å². The van der Waals surface area contributed by atoms with Gasteiger partial charge in [-0.05, 0) is 24.3 Å². The van der Waals surface area contributed by atoms with Crippen molar-refractivity contribution in [3.8, 4) is 0 Å². The fourth-order valence-electron chi connectivity index (χ4n) is 2.66. The van der Waals surface area contributed by atoms with E-state index in [9.17, 15) is 9.59 Å². The number of furan rings is 1. The Balaban J connectivity index is 1.88. The van der Waals surface area contributed by atoms with Crippen molar-refractivity contribution in [1.82, 2.24) is 10.2 Å². The summed E-state index contributed by atoms with van der Waals surface area (Å²) in [7, 11) is 1.65. The Morgan fingerprint density at radius 1 is 1.13 bits per heavy atom. The van der Waals surface area contributed by atoms with Crippen molar-refractivity contribution in [2.24, 2.45) is 0 Å². The second kappa shape index (κ2) is 6.66. The molecule has 120 valence electrons. The van der Waals surface area contributed by atoms with Crippen molar-refractivity contribution in [2.75, 3.05) is 38.1 Å². The van der Waals surface area contributed by atoms with Gasteiger partial charge in [-0.15, -0.1) is 0 Å². The number of carbonyl (C=O) groups is 2. The second-order valence-electron chi connectivity index (χ2n) is 5.40. The first-order valence-electron chi connectivity index (χ1n) is 7.59. The van der Waals surface area contributed by atoms with E-state index in [1.54, 1.807) is 36.2 Å². The number of benzene rings is 1. The van der Waals surface area contributed by atoms with Gasteiger partial charge in [0, 0.05) is 33.2 Å². The van der Waals surface area contributed by atoms with Crippen LogP contribution in [-0.2, 0) is 0 Å². The molecule has 2 aromatic rings. The van der Waals surface area contributed by atoms with Gasteiger partial charge in [-0.1, -0.05) is 12.1 Å². The van der Waals surface area contributed by atoms with Gasteiger partial charge in [0.2, 0.25) is 0 Å². The zero-order valence-corrected chi connectivity index (χ0v) is 13.0. The first-order chi connectivity index (χ1) is 11.2. The molecule has 1 aliphatic rings. The summed E-state index contributed by atoms with van der Waals surface area (Å²) in [5.41, 5.74) is 1.11. The third kappa shape index (κ3) is 3.12. The quantitative estimate of drug-likeness (QED) is 0.935. The van der Waals surface area contributed by atoms with Gasteiger partial charge in [0.25, 0.3) is 11.8 Å². The number of rotatable bonds is 3. The van der Waals surface area contributed by atoms with Crippen LogP contribution in [0, 0.1) is 0 Å². The van der Waals surface area contributed by atoms with E-state index in [1.165, 1.54) is 11.2 Å². The van der Waals surface area contributed by atoms with Crippen molar-refractivity contribution < 1.29 is 14.0 Å². The van der Waals surface area contributed by atoms with E-state index >= 15 is 0 Å².